The molecule has 0 aliphatic heterocycles. The highest BCUT2D eigenvalue weighted by atomic mass is 16.5. The molecule has 0 aromatic heterocycles. The van der Waals surface area contributed by atoms with E-state index in [1.54, 1.807) is 14.2 Å². The van der Waals surface area contributed by atoms with E-state index in [0.29, 0.717) is 5.92 Å². The van der Waals surface area contributed by atoms with Crippen LogP contribution in [0.5, 0.6) is 0 Å². The summed E-state index contributed by atoms with van der Waals surface area (Å²) in [5, 5.41) is 0. The molecule has 92 valence electrons. The zero-order valence-corrected chi connectivity index (χ0v) is 11.7. The van der Waals surface area contributed by atoms with Crippen molar-refractivity contribution in [2.45, 2.75) is 47.6 Å². The van der Waals surface area contributed by atoms with Gasteiger partial charge in [0.05, 0.1) is 12.7 Å². The molecule has 2 atom stereocenters. The molecule has 0 bridgehead atoms. The first-order valence-corrected chi connectivity index (χ1v) is 5.66. The molecule has 2 heteroatoms. The molecule has 0 aliphatic rings. The zero-order valence-electron chi connectivity index (χ0n) is 11.7. The molecular weight excluding hydrogens is 188 g/mol. The average molecular weight is 216 g/mol. The van der Waals surface area contributed by atoms with Crippen LogP contribution in [0, 0.1) is 16.7 Å². The topological polar surface area (TPSA) is 18.5 Å². The van der Waals surface area contributed by atoms with Crippen LogP contribution in [0.4, 0.5) is 0 Å². The summed E-state index contributed by atoms with van der Waals surface area (Å²) in [4.78, 5) is 0. The summed E-state index contributed by atoms with van der Waals surface area (Å²) < 4.78 is 11.0. The molecule has 0 fully saturated rings. The number of methoxy groups -OCH3 is 2. The molecule has 0 heterocycles. The van der Waals surface area contributed by atoms with Crippen LogP contribution in [0.1, 0.15) is 41.5 Å². The highest BCUT2D eigenvalue weighted by Gasteiger charge is 2.38. The van der Waals surface area contributed by atoms with Gasteiger partial charge in [-0.2, -0.15) is 0 Å². The molecule has 0 aromatic rings. The van der Waals surface area contributed by atoms with E-state index in [0.717, 1.165) is 6.61 Å². The molecule has 0 N–H and O–H groups in total. The van der Waals surface area contributed by atoms with Gasteiger partial charge in [-0.15, -0.1) is 0 Å². The summed E-state index contributed by atoms with van der Waals surface area (Å²) in [7, 11) is 3.55. The highest BCUT2D eigenvalue weighted by Crippen LogP contribution is 2.38. The van der Waals surface area contributed by atoms with Crippen LogP contribution in [-0.4, -0.2) is 26.9 Å². The van der Waals surface area contributed by atoms with Crippen LogP contribution in [0.2, 0.25) is 0 Å². The van der Waals surface area contributed by atoms with Gasteiger partial charge in [0.25, 0.3) is 0 Å². The normalized spacial score (nSPS) is 17.6. The predicted octanol–water partition coefficient (Wildman–Crippen LogP) is 3.36. The van der Waals surface area contributed by atoms with Crippen molar-refractivity contribution in [1.29, 1.82) is 0 Å². The first-order chi connectivity index (χ1) is 6.64. The maximum Gasteiger partial charge on any atom is 0.0674 e. The van der Waals surface area contributed by atoms with Crippen molar-refractivity contribution in [3.8, 4) is 0 Å². The maximum absolute atomic E-state index is 5.68. The fourth-order valence-electron chi connectivity index (χ4n) is 2.09. The second-order valence-electron chi connectivity index (χ2n) is 6.45. The van der Waals surface area contributed by atoms with E-state index in [1.165, 1.54) is 0 Å². The molecule has 0 saturated heterocycles. The van der Waals surface area contributed by atoms with Gasteiger partial charge in [-0.1, -0.05) is 41.5 Å². The van der Waals surface area contributed by atoms with Crippen molar-refractivity contribution < 1.29 is 9.47 Å². The van der Waals surface area contributed by atoms with Gasteiger partial charge in [0.1, 0.15) is 0 Å². The zero-order chi connectivity index (χ0) is 12.3. The number of hydrogen-bond acceptors (Lipinski definition) is 2. The monoisotopic (exact) mass is 216 g/mol. The molecule has 0 rings (SSSR count). The lowest BCUT2D eigenvalue weighted by Gasteiger charge is -2.42. The molecule has 0 amide bonds. The van der Waals surface area contributed by atoms with Gasteiger partial charge in [0.15, 0.2) is 0 Å². The molecule has 0 aliphatic carbocycles. The quantitative estimate of drug-likeness (QED) is 0.717. The van der Waals surface area contributed by atoms with Gasteiger partial charge in [0, 0.05) is 20.1 Å². The molecule has 2 nitrogen and oxygen atoms in total. The third-order valence-electron chi connectivity index (χ3n) is 2.93. The summed E-state index contributed by atoms with van der Waals surface area (Å²) in [5.41, 5.74) is 0.342. The maximum atomic E-state index is 5.68. The molecule has 0 spiro atoms. The molecular formula is C13H28O2. The van der Waals surface area contributed by atoms with Gasteiger partial charge in [0.2, 0.25) is 0 Å². The fraction of sp³-hybridized carbons (Fsp3) is 1.00. The summed E-state index contributed by atoms with van der Waals surface area (Å²) in [6.07, 6.45) is 0.220. The van der Waals surface area contributed by atoms with Crippen molar-refractivity contribution in [2.24, 2.45) is 16.7 Å². The fourth-order valence-corrected chi connectivity index (χ4v) is 2.09. The molecule has 0 aromatic carbocycles. The highest BCUT2D eigenvalue weighted by molar-refractivity contribution is 4.87. The molecule has 0 saturated carbocycles. The lowest BCUT2D eigenvalue weighted by molar-refractivity contribution is -0.0843. The molecule has 15 heavy (non-hydrogen) atoms. The van der Waals surface area contributed by atoms with Gasteiger partial charge >= 0.3 is 0 Å². The third-order valence-corrected chi connectivity index (χ3v) is 2.93. The first-order valence-electron chi connectivity index (χ1n) is 5.66. The standard InChI is InChI=1S/C13H28O2/c1-12(2,3)10(9-14-7)11(15-8)13(4,5)6/h10-11H,9H2,1-8H3. The minimum atomic E-state index is 0.144. The van der Waals surface area contributed by atoms with Crippen LogP contribution in [0.15, 0.2) is 0 Å². The Balaban J connectivity index is 4.87. The van der Waals surface area contributed by atoms with Crippen molar-refractivity contribution in [2.75, 3.05) is 20.8 Å². The molecule has 0 radical (unpaired) electrons. The first kappa shape index (κ1) is 14.9. The van der Waals surface area contributed by atoms with Gasteiger partial charge < -0.3 is 9.47 Å². The van der Waals surface area contributed by atoms with Crippen molar-refractivity contribution in [1.82, 2.24) is 0 Å². The SMILES string of the molecule is COCC(C(OC)C(C)(C)C)C(C)(C)C. The van der Waals surface area contributed by atoms with Crippen molar-refractivity contribution in [3.05, 3.63) is 0 Å². The summed E-state index contributed by atoms with van der Waals surface area (Å²) in [6.45, 7) is 14.1. The Morgan fingerprint density at radius 2 is 1.33 bits per heavy atom. The van der Waals surface area contributed by atoms with Gasteiger partial charge in [-0.05, 0) is 10.8 Å². The molecule has 2 unspecified atom stereocenters. The van der Waals surface area contributed by atoms with Crippen molar-refractivity contribution in [3.63, 3.8) is 0 Å². The minimum absolute atomic E-state index is 0.144. The van der Waals surface area contributed by atoms with E-state index in [-0.39, 0.29) is 16.9 Å². The Hall–Kier alpha value is -0.0800. The van der Waals surface area contributed by atoms with Crippen LogP contribution < -0.4 is 0 Å². The van der Waals surface area contributed by atoms with Crippen LogP contribution in [0.25, 0.3) is 0 Å². The Kier molecular flexibility index (Phi) is 5.28. The Labute approximate surface area is 95.3 Å². The van der Waals surface area contributed by atoms with Crippen molar-refractivity contribution >= 4 is 0 Å². The number of rotatable bonds is 4. The van der Waals surface area contributed by atoms with Crippen LogP contribution >= 0.6 is 0 Å². The Bertz CT molecular complexity index is 174. The minimum Gasteiger partial charge on any atom is -0.384 e. The Morgan fingerprint density at radius 3 is 1.53 bits per heavy atom. The van der Waals surface area contributed by atoms with E-state index in [4.69, 9.17) is 9.47 Å². The summed E-state index contributed by atoms with van der Waals surface area (Å²) in [6, 6.07) is 0. The van der Waals surface area contributed by atoms with Crippen LogP contribution in [-0.2, 0) is 9.47 Å². The lowest BCUT2D eigenvalue weighted by Crippen LogP contribution is -2.44. The smallest absolute Gasteiger partial charge is 0.0674 e. The van der Waals surface area contributed by atoms with Gasteiger partial charge in [-0.25, -0.2) is 0 Å². The van der Waals surface area contributed by atoms with E-state index < -0.39 is 0 Å². The number of hydrogen-bond donors (Lipinski definition) is 0. The third kappa shape index (κ3) is 4.52. The second-order valence-corrected chi connectivity index (χ2v) is 6.45. The van der Waals surface area contributed by atoms with E-state index in [1.807, 2.05) is 0 Å². The van der Waals surface area contributed by atoms with Crippen LogP contribution in [0.3, 0.4) is 0 Å². The number of ether oxygens (including phenoxy) is 2. The van der Waals surface area contributed by atoms with E-state index >= 15 is 0 Å². The summed E-state index contributed by atoms with van der Waals surface area (Å²) in [5.74, 6) is 0.410. The predicted molar refractivity (Wildman–Crippen MR) is 65.1 cm³/mol. The largest absolute Gasteiger partial charge is 0.384 e. The summed E-state index contributed by atoms with van der Waals surface area (Å²) >= 11 is 0. The lowest BCUT2D eigenvalue weighted by atomic mass is 9.70. The average Bonchev–Trinajstić information content (AvgIpc) is 2.00. The Morgan fingerprint density at radius 1 is 0.867 bits per heavy atom. The second kappa shape index (κ2) is 5.31. The van der Waals surface area contributed by atoms with E-state index in [9.17, 15) is 0 Å². The van der Waals surface area contributed by atoms with Gasteiger partial charge in [-0.3, -0.25) is 0 Å². The van der Waals surface area contributed by atoms with E-state index in [2.05, 4.69) is 41.5 Å².